The van der Waals surface area contributed by atoms with Crippen LogP contribution in [0.25, 0.3) is 0 Å². The summed E-state index contributed by atoms with van der Waals surface area (Å²) in [4.78, 5) is 29.2. The van der Waals surface area contributed by atoms with Crippen LogP contribution in [-0.2, 0) is 32.6 Å². The quantitative estimate of drug-likeness (QED) is 0.223. The Hall–Kier alpha value is -3.07. The van der Waals surface area contributed by atoms with Crippen molar-refractivity contribution < 1.29 is 18.0 Å². The predicted octanol–water partition coefficient (Wildman–Crippen LogP) is 6.40. The molecule has 0 unspecified atom stereocenters. The number of sulfonamides is 1. The van der Waals surface area contributed by atoms with Crippen molar-refractivity contribution in [3.8, 4) is 0 Å². The molecule has 2 atom stereocenters. The van der Waals surface area contributed by atoms with Crippen LogP contribution in [0.3, 0.4) is 0 Å². The van der Waals surface area contributed by atoms with Gasteiger partial charge in [-0.15, -0.1) is 0 Å². The lowest BCUT2D eigenvalue weighted by atomic mass is 10.0. The first kappa shape index (κ1) is 33.4. The lowest BCUT2D eigenvalue weighted by molar-refractivity contribution is -0.141. The molecular formula is C32H39Cl2N3O4S. The van der Waals surface area contributed by atoms with Crippen LogP contribution in [0.1, 0.15) is 49.8 Å². The zero-order valence-corrected chi connectivity index (χ0v) is 26.8. The zero-order chi connectivity index (χ0) is 30.9. The Bertz CT molecular complexity index is 1470. The van der Waals surface area contributed by atoms with E-state index in [1.165, 1.54) is 4.31 Å². The van der Waals surface area contributed by atoms with Gasteiger partial charge in [0.05, 0.1) is 11.9 Å². The maximum Gasteiger partial charge on any atom is 0.243 e. The monoisotopic (exact) mass is 631 g/mol. The minimum absolute atomic E-state index is 0.0358. The fourth-order valence-corrected chi connectivity index (χ4v) is 6.07. The summed E-state index contributed by atoms with van der Waals surface area (Å²) in [6.45, 7) is 5.93. The SMILES string of the molecule is CC[C@H](C)NC(=O)[C@H](Cc1ccccc1)N(Cc1cccc(Cl)c1)C(=O)CCCN(c1cccc(Cl)c1C)S(C)(=O)=O. The molecule has 0 saturated carbocycles. The molecule has 0 radical (unpaired) electrons. The van der Waals surface area contributed by atoms with Crippen LogP contribution < -0.4 is 9.62 Å². The highest BCUT2D eigenvalue weighted by atomic mass is 35.5. The van der Waals surface area contributed by atoms with E-state index in [1.54, 1.807) is 42.2 Å². The van der Waals surface area contributed by atoms with Crippen molar-refractivity contribution >= 4 is 50.7 Å². The van der Waals surface area contributed by atoms with E-state index in [0.717, 1.165) is 23.8 Å². The van der Waals surface area contributed by atoms with E-state index < -0.39 is 16.1 Å². The van der Waals surface area contributed by atoms with E-state index in [1.807, 2.05) is 56.3 Å². The van der Waals surface area contributed by atoms with Crippen LogP contribution in [0.15, 0.2) is 72.8 Å². The van der Waals surface area contributed by atoms with Crippen LogP contribution in [0, 0.1) is 6.92 Å². The predicted molar refractivity (Wildman–Crippen MR) is 171 cm³/mol. The second-order valence-corrected chi connectivity index (χ2v) is 13.2. The molecule has 3 aromatic carbocycles. The molecule has 10 heteroatoms. The average molecular weight is 633 g/mol. The summed E-state index contributed by atoms with van der Waals surface area (Å²) in [5.41, 5.74) is 2.83. The number of benzene rings is 3. The molecule has 7 nitrogen and oxygen atoms in total. The van der Waals surface area contributed by atoms with Crippen molar-refractivity contribution in [2.45, 2.75) is 65.1 Å². The first-order chi connectivity index (χ1) is 19.9. The minimum Gasteiger partial charge on any atom is -0.352 e. The normalized spacial score (nSPS) is 12.8. The van der Waals surface area contributed by atoms with Crippen LogP contribution in [0.5, 0.6) is 0 Å². The summed E-state index contributed by atoms with van der Waals surface area (Å²) in [5.74, 6) is -0.498. The molecule has 3 aromatic rings. The number of nitrogens with zero attached hydrogens (tertiary/aromatic N) is 2. The van der Waals surface area contributed by atoms with Gasteiger partial charge in [0.1, 0.15) is 6.04 Å². The number of amides is 2. The molecule has 0 aliphatic rings. The Labute approximate surface area is 259 Å². The van der Waals surface area contributed by atoms with Crippen molar-refractivity contribution in [2.24, 2.45) is 0 Å². The van der Waals surface area contributed by atoms with Crippen molar-refractivity contribution in [1.29, 1.82) is 0 Å². The molecule has 226 valence electrons. The Balaban J connectivity index is 1.91. The smallest absolute Gasteiger partial charge is 0.243 e. The number of hydrogen-bond acceptors (Lipinski definition) is 4. The van der Waals surface area contributed by atoms with Crippen molar-refractivity contribution in [2.75, 3.05) is 17.1 Å². The van der Waals surface area contributed by atoms with Gasteiger partial charge in [-0.2, -0.15) is 0 Å². The number of halogens is 2. The highest BCUT2D eigenvalue weighted by Gasteiger charge is 2.31. The fourth-order valence-electron chi connectivity index (χ4n) is 4.68. The van der Waals surface area contributed by atoms with E-state index in [0.29, 0.717) is 27.7 Å². The lowest BCUT2D eigenvalue weighted by Crippen LogP contribution is -2.52. The lowest BCUT2D eigenvalue weighted by Gasteiger charge is -2.33. The third kappa shape index (κ3) is 9.48. The van der Waals surface area contributed by atoms with Gasteiger partial charge in [-0.25, -0.2) is 8.42 Å². The van der Waals surface area contributed by atoms with E-state index in [4.69, 9.17) is 23.2 Å². The summed E-state index contributed by atoms with van der Waals surface area (Å²) in [5, 5.41) is 4.04. The number of nitrogens with one attached hydrogen (secondary N) is 1. The number of rotatable bonds is 14. The molecule has 0 aromatic heterocycles. The largest absolute Gasteiger partial charge is 0.352 e. The Kier molecular flexibility index (Phi) is 12.3. The molecule has 0 aliphatic carbocycles. The van der Waals surface area contributed by atoms with E-state index in [9.17, 15) is 18.0 Å². The molecule has 3 rings (SSSR count). The van der Waals surface area contributed by atoms with Gasteiger partial charge >= 0.3 is 0 Å². The van der Waals surface area contributed by atoms with Gasteiger partial charge in [0, 0.05) is 42.0 Å². The summed E-state index contributed by atoms with van der Waals surface area (Å²) in [7, 11) is -3.64. The number of carbonyl (C=O) groups is 2. The van der Waals surface area contributed by atoms with Crippen LogP contribution in [0.4, 0.5) is 5.69 Å². The van der Waals surface area contributed by atoms with Gasteiger partial charge in [-0.1, -0.05) is 78.7 Å². The topological polar surface area (TPSA) is 86.8 Å². The third-order valence-corrected chi connectivity index (χ3v) is 9.00. The molecule has 0 heterocycles. The Morgan fingerprint density at radius 3 is 2.26 bits per heavy atom. The number of carbonyl (C=O) groups excluding carboxylic acids is 2. The van der Waals surface area contributed by atoms with Gasteiger partial charge in [0.15, 0.2) is 0 Å². The van der Waals surface area contributed by atoms with Crippen LogP contribution in [0.2, 0.25) is 10.0 Å². The van der Waals surface area contributed by atoms with Crippen LogP contribution >= 0.6 is 23.2 Å². The minimum atomic E-state index is -3.64. The van der Waals surface area contributed by atoms with E-state index >= 15 is 0 Å². The number of hydrogen-bond donors (Lipinski definition) is 1. The molecule has 0 bridgehead atoms. The Morgan fingerprint density at radius 1 is 0.952 bits per heavy atom. The van der Waals surface area contributed by atoms with Crippen LogP contribution in [-0.4, -0.2) is 50.0 Å². The Morgan fingerprint density at radius 2 is 1.62 bits per heavy atom. The molecule has 0 spiro atoms. The second-order valence-electron chi connectivity index (χ2n) is 10.5. The second kappa shape index (κ2) is 15.4. The zero-order valence-electron chi connectivity index (χ0n) is 24.5. The molecular weight excluding hydrogens is 593 g/mol. The fraction of sp³-hybridized carbons (Fsp3) is 0.375. The number of anilines is 1. The van der Waals surface area contributed by atoms with Gasteiger partial charge in [0.2, 0.25) is 21.8 Å². The summed E-state index contributed by atoms with van der Waals surface area (Å²) in [6, 6.07) is 21.0. The molecule has 0 fully saturated rings. The average Bonchev–Trinajstić information content (AvgIpc) is 2.94. The van der Waals surface area contributed by atoms with Gasteiger partial charge in [-0.05, 0) is 67.6 Å². The molecule has 2 amide bonds. The van der Waals surface area contributed by atoms with Gasteiger partial charge in [-0.3, -0.25) is 13.9 Å². The molecule has 0 aliphatic heterocycles. The van der Waals surface area contributed by atoms with E-state index in [-0.39, 0.29) is 43.8 Å². The first-order valence-electron chi connectivity index (χ1n) is 14.0. The maximum absolute atomic E-state index is 13.9. The molecule has 0 saturated heterocycles. The van der Waals surface area contributed by atoms with Gasteiger partial charge in [0.25, 0.3) is 0 Å². The highest BCUT2D eigenvalue weighted by Crippen LogP contribution is 2.28. The molecule has 42 heavy (non-hydrogen) atoms. The standard InChI is InChI=1S/C32H39Cl2N3O4S/c1-5-23(2)35-32(39)30(21-25-12-7-6-8-13-25)36(22-26-14-9-15-27(33)20-26)31(38)18-11-19-37(42(4,40)41)29-17-10-16-28(34)24(29)3/h6-10,12-17,20,23,30H,5,11,18-19,21-22H2,1-4H3,(H,35,39)/t23-,30-/m0/s1. The van der Waals surface area contributed by atoms with Crippen molar-refractivity contribution in [3.05, 3.63) is 99.5 Å². The first-order valence-corrected chi connectivity index (χ1v) is 16.6. The van der Waals surface area contributed by atoms with Crippen molar-refractivity contribution in [3.63, 3.8) is 0 Å². The summed E-state index contributed by atoms with van der Waals surface area (Å²) < 4.78 is 26.7. The summed E-state index contributed by atoms with van der Waals surface area (Å²) >= 11 is 12.5. The highest BCUT2D eigenvalue weighted by molar-refractivity contribution is 7.92. The third-order valence-electron chi connectivity index (χ3n) is 7.17. The van der Waals surface area contributed by atoms with Gasteiger partial charge < -0.3 is 10.2 Å². The maximum atomic E-state index is 13.9. The van der Waals surface area contributed by atoms with Crippen molar-refractivity contribution in [1.82, 2.24) is 10.2 Å². The van der Waals surface area contributed by atoms with E-state index in [2.05, 4.69) is 5.32 Å². The molecule has 1 N–H and O–H groups in total. The summed E-state index contributed by atoms with van der Waals surface area (Å²) in [6.07, 6.45) is 2.49.